The van der Waals surface area contributed by atoms with E-state index in [9.17, 15) is 8.78 Å². The topological polar surface area (TPSA) is 29.5 Å². The predicted molar refractivity (Wildman–Crippen MR) is 63.5 cm³/mol. The van der Waals surface area contributed by atoms with E-state index in [-0.39, 0.29) is 18.2 Å². The summed E-state index contributed by atoms with van der Waals surface area (Å²) in [7, 11) is 0. The normalized spacial score (nSPS) is 10.4. The first-order valence-corrected chi connectivity index (χ1v) is 5.43. The molecule has 0 unspecified atom stereocenters. The van der Waals surface area contributed by atoms with Crippen LogP contribution >= 0.6 is 0 Å². The Morgan fingerprint density at radius 1 is 1.06 bits per heavy atom. The Labute approximate surface area is 103 Å². The molecule has 0 aromatic heterocycles. The lowest BCUT2D eigenvalue weighted by Gasteiger charge is -2.10. The molecule has 0 aliphatic heterocycles. The van der Waals surface area contributed by atoms with Crippen LogP contribution < -0.4 is 4.74 Å². The molecule has 0 fully saturated rings. The Bertz CT molecular complexity index is 568. The van der Waals surface area contributed by atoms with Crippen LogP contribution in [0, 0.1) is 18.6 Å². The molecule has 18 heavy (non-hydrogen) atoms. The third-order valence-electron chi connectivity index (χ3n) is 2.54. The van der Waals surface area contributed by atoms with Crippen LogP contribution in [-0.2, 0) is 6.61 Å². The molecule has 0 saturated heterocycles. The molecule has 0 bridgehead atoms. The average Bonchev–Trinajstić information content (AvgIpc) is 2.34. The van der Waals surface area contributed by atoms with Crippen molar-refractivity contribution in [2.24, 2.45) is 0 Å². The van der Waals surface area contributed by atoms with Gasteiger partial charge in [-0.2, -0.15) is 0 Å². The molecule has 94 valence electrons. The van der Waals surface area contributed by atoms with E-state index < -0.39 is 5.82 Å². The van der Waals surface area contributed by atoms with Crippen molar-refractivity contribution in [1.82, 2.24) is 0 Å². The van der Waals surface area contributed by atoms with Crippen LogP contribution in [0.2, 0.25) is 0 Å². The summed E-state index contributed by atoms with van der Waals surface area (Å²) in [4.78, 5) is 0. The Morgan fingerprint density at radius 2 is 1.78 bits per heavy atom. The zero-order chi connectivity index (χ0) is 13.1. The van der Waals surface area contributed by atoms with Gasteiger partial charge in [0.15, 0.2) is 11.6 Å². The van der Waals surface area contributed by atoms with Gasteiger partial charge in [0, 0.05) is 0 Å². The van der Waals surface area contributed by atoms with Crippen molar-refractivity contribution >= 4 is 0 Å². The van der Waals surface area contributed by atoms with E-state index in [2.05, 4.69) is 0 Å². The minimum absolute atomic E-state index is 0.0434. The number of halogens is 2. The van der Waals surface area contributed by atoms with Gasteiger partial charge in [0.1, 0.15) is 11.6 Å². The average molecular weight is 250 g/mol. The number of hydrogen-bond donors (Lipinski definition) is 1. The van der Waals surface area contributed by atoms with Gasteiger partial charge >= 0.3 is 0 Å². The summed E-state index contributed by atoms with van der Waals surface area (Å²) < 4.78 is 31.9. The smallest absolute Gasteiger partial charge is 0.166 e. The van der Waals surface area contributed by atoms with E-state index in [1.165, 1.54) is 30.3 Å². The summed E-state index contributed by atoms with van der Waals surface area (Å²) in [5.74, 6) is -0.491. The highest BCUT2D eigenvalue weighted by atomic mass is 19.1. The molecule has 2 nitrogen and oxygen atoms in total. The summed E-state index contributed by atoms with van der Waals surface area (Å²) >= 11 is 0. The number of benzene rings is 2. The summed E-state index contributed by atoms with van der Waals surface area (Å²) in [5.41, 5.74) is 1.05. The maximum Gasteiger partial charge on any atom is 0.166 e. The monoisotopic (exact) mass is 250 g/mol. The molecule has 0 heterocycles. The molecule has 0 amide bonds. The van der Waals surface area contributed by atoms with Gasteiger partial charge in [-0.25, -0.2) is 8.78 Å². The maximum absolute atomic E-state index is 13.6. The Kier molecular flexibility index (Phi) is 3.58. The van der Waals surface area contributed by atoms with Gasteiger partial charge in [-0.3, -0.25) is 0 Å². The van der Waals surface area contributed by atoms with Crippen molar-refractivity contribution in [2.75, 3.05) is 0 Å². The molecule has 0 aliphatic carbocycles. The van der Waals surface area contributed by atoms with Crippen molar-refractivity contribution < 1.29 is 18.6 Å². The van der Waals surface area contributed by atoms with Gasteiger partial charge in [0.05, 0.1) is 6.61 Å². The molecule has 4 heteroatoms. The van der Waals surface area contributed by atoms with Crippen LogP contribution in [0.4, 0.5) is 8.78 Å². The summed E-state index contributed by atoms with van der Waals surface area (Å²) in [5, 5.41) is 8.87. The second-order valence-corrected chi connectivity index (χ2v) is 3.93. The van der Waals surface area contributed by atoms with Gasteiger partial charge in [0.25, 0.3) is 0 Å². The van der Waals surface area contributed by atoms with E-state index in [4.69, 9.17) is 9.84 Å². The fraction of sp³-hybridized carbons (Fsp3) is 0.143. The number of hydrogen-bond acceptors (Lipinski definition) is 2. The molecule has 0 spiro atoms. The first-order valence-electron chi connectivity index (χ1n) is 5.43. The quantitative estimate of drug-likeness (QED) is 0.902. The first-order chi connectivity index (χ1) is 8.60. The number of rotatable bonds is 3. The fourth-order valence-electron chi connectivity index (χ4n) is 1.57. The lowest BCUT2D eigenvalue weighted by molar-refractivity contribution is 0.281. The standard InChI is InChI=1S/C14H12F2O2/c1-9-6-11(15)3-5-13(9)18-14-4-2-10(8-17)7-12(14)16/h2-7,17H,8H2,1H3. The summed E-state index contributed by atoms with van der Waals surface area (Å²) in [6, 6.07) is 8.22. The zero-order valence-electron chi connectivity index (χ0n) is 9.78. The van der Waals surface area contributed by atoms with Gasteiger partial charge in [-0.05, 0) is 48.4 Å². The molecule has 2 rings (SSSR count). The van der Waals surface area contributed by atoms with Crippen molar-refractivity contribution in [3.63, 3.8) is 0 Å². The van der Waals surface area contributed by atoms with Gasteiger partial charge in [0.2, 0.25) is 0 Å². The van der Waals surface area contributed by atoms with E-state index in [0.717, 1.165) is 0 Å². The van der Waals surface area contributed by atoms with Crippen molar-refractivity contribution in [2.45, 2.75) is 13.5 Å². The second kappa shape index (κ2) is 5.14. The molecule has 1 N–H and O–H groups in total. The summed E-state index contributed by atoms with van der Waals surface area (Å²) in [6.45, 7) is 1.45. The Morgan fingerprint density at radius 3 is 2.39 bits per heavy atom. The van der Waals surface area contributed by atoms with Crippen LogP contribution in [0.5, 0.6) is 11.5 Å². The van der Waals surface area contributed by atoms with Crippen LogP contribution in [0.3, 0.4) is 0 Å². The van der Waals surface area contributed by atoms with Crippen molar-refractivity contribution in [1.29, 1.82) is 0 Å². The van der Waals surface area contributed by atoms with E-state index in [1.54, 1.807) is 13.0 Å². The molecule has 0 aliphatic rings. The molecular weight excluding hydrogens is 238 g/mol. The minimum Gasteiger partial charge on any atom is -0.454 e. The Balaban J connectivity index is 2.28. The summed E-state index contributed by atoms with van der Waals surface area (Å²) in [6.07, 6.45) is 0. The van der Waals surface area contributed by atoms with Crippen LogP contribution in [0.25, 0.3) is 0 Å². The van der Waals surface area contributed by atoms with Crippen LogP contribution in [-0.4, -0.2) is 5.11 Å². The van der Waals surface area contributed by atoms with Crippen molar-refractivity contribution in [3.8, 4) is 11.5 Å². The highest BCUT2D eigenvalue weighted by molar-refractivity contribution is 5.38. The first kappa shape index (κ1) is 12.5. The van der Waals surface area contributed by atoms with E-state index in [0.29, 0.717) is 16.9 Å². The molecular formula is C14H12F2O2. The van der Waals surface area contributed by atoms with Gasteiger partial charge in [-0.1, -0.05) is 6.07 Å². The number of ether oxygens (including phenoxy) is 1. The fourth-order valence-corrected chi connectivity index (χ4v) is 1.57. The lowest BCUT2D eigenvalue weighted by atomic mass is 10.2. The number of aryl methyl sites for hydroxylation is 1. The number of aliphatic hydroxyl groups excluding tert-OH is 1. The maximum atomic E-state index is 13.6. The van der Waals surface area contributed by atoms with E-state index in [1.807, 2.05) is 0 Å². The van der Waals surface area contributed by atoms with Gasteiger partial charge in [-0.15, -0.1) is 0 Å². The van der Waals surface area contributed by atoms with Crippen molar-refractivity contribution in [3.05, 3.63) is 59.2 Å². The largest absolute Gasteiger partial charge is 0.454 e. The molecule has 2 aromatic carbocycles. The third kappa shape index (κ3) is 2.65. The van der Waals surface area contributed by atoms with Gasteiger partial charge < -0.3 is 9.84 Å². The van der Waals surface area contributed by atoms with Crippen LogP contribution in [0.15, 0.2) is 36.4 Å². The molecule has 2 aromatic rings. The highest BCUT2D eigenvalue weighted by Gasteiger charge is 2.08. The predicted octanol–water partition coefficient (Wildman–Crippen LogP) is 3.56. The minimum atomic E-state index is -0.565. The lowest BCUT2D eigenvalue weighted by Crippen LogP contribution is -1.93. The second-order valence-electron chi connectivity index (χ2n) is 3.93. The molecule has 0 saturated carbocycles. The number of aliphatic hydroxyl groups is 1. The molecule has 0 atom stereocenters. The SMILES string of the molecule is Cc1cc(F)ccc1Oc1ccc(CO)cc1F. The Hall–Kier alpha value is -1.94. The molecule has 0 radical (unpaired) electrons. The highest BCUT2D eigenvalue weighted by Crippen LogP contribution is 2.28. The third-order valence-corrected chi connectivity index (χ3v) is 2.54. The van der Waals surface area contributed by atoms with Crippen LogP contribution in [0.1, 0.15) is 11.1 Å². The van der Waals surface area contributed by atoms with E-state index >= 15 is 0 Å². The zero-order valence-corrected chi connectivity index (χ0v) is 9.78.